The largest absolute Gasteiger partial charge is 0.523 e. The number of halogens is 3. The molecule has 3 unspecified atom stereocenters. The number of fused-ring (bicyclic) bond motifs is 1. The fourth-order valence-corrected chi connectivity index (χ4v) is 5.90. The van der Waals surface area contributed by atoms with Crippen LogP contribution in [0.25, 0.3) is 0 Å². The van der Waals surface area contributed by atoms with Crippen LogP contribution < -0.4 is 0 Å². The van der Waals surface area contributed by atoms with Crippen LogP contribution in [0.1, 0.15) is 38.2 Å². The Hall–Kier alpha value is -2.61. The highest BCUT2D eigenvalue weighted by Crippen LogP contribution is 2.42. The average molecular weight is 499 g/mol. The van der Waals surface area contributed by atoms with Crippen molar-refractivity contribution in [3.63, 3.8) is 0 Å². The average Bonchev–Trinajstić information content (AvgIpc) is 3.15. The summed E-state index contributed by atoms with van der Waals surface area (Å²) in [5.74, 6) is 0.250. The van der Waals surface area contributed by atoms with E-state index in [1.54, 1.807) is 12.2 Å². The van der Waals surface area contributed by atoms with E-state index in [1.807, 2.05) is 11.0 Å². The molecule has 7 heteroatoms. The van der Waals surface area contributed by atoms with Gasteiger partial charge in [-0.05, 0) is 66.0 Å². The Labute approximate surface area is 210 Å². The summed E-state index contributed by atoms with van der Waals surface area (Å²) in [6.07, 6.45) is 6.49. The van der Waals surface area contributed by atoms with E-state index < -0.39 is 18.7 Å². The maximum atomic E-state index is 12.5. The summed E-state index contributed by atoms with van der Waals surface area (Å²) in [6.45, 7) is 5.29. The Balaban J connectivity index is 1.23. The van der Waals surface area contributed by atoms with Gasteiger partial charge in [-0.1, -0.05) is 54.6 Å². The molecule has 192 valence electrons. The summed E-state index contributed by atoms with van der Waals surface area (Å²) in [6, 6.07) is 10.5. The zero-order chi connectivity index (χ0) is 25.3. The predicted octanol–water partition coefficient (Wildman–Crippen LogP) is 5.85. The Bertz CT molecular complexity index is 1120. The highest BCUT2D eigenvalue weighted by Gasteiger charge is 2.39. The second-order valence-corrected chi connectivity index (χ2v) is 10.2. The van der Waals surface area contributed by atoms with Crippen molar-refractivity contribution in [1.29, 1.82) is 0 Å². The normalized spacial score (nSPS) is 27.1. The number of allylic oxidation sites excluding steroid dienone is 4. The summed E-state index contributed by atoms with van der Waals surface area (Å²) in [5, 5.41) is 11.1. The molecule has 3 atom stereocenters. The van der Waals surface area contributed by atoms with E-state index in [0.29, 0.717) is 6.54 Å². The van der Waals surface area contributed by atoms with Gasteiger partial charge in [-0.2, -0.15) is 0 Å². The van der Waals surface area contributed by atoms with Gasteiger partial charge in [0.1, 0.15) is 6.23 Å². The van der Waals surface area contributed by atoms with E-state index in [-0.39, 0.29) is 12.3 Å². The zero-order valence-corrected chi connectivity index (χ0v) is 20.5. The van der Waals surface area contributed by atoms with Crippen molar-refractivity contribution in [2.24, 2.45) is 5.92 Å². The Morgan fingerprint density at radius 3 is 2.64 bits per heavy atom. The first-order valence-electron chi connectivity index (χ1n) is 12.7. The van der Waals surface area contributed by atoms with E-state index in [9.17, 15) is 18.3 Å². The maximum absolute atomic E-state index is 12.5. The molecule has 0 saturated carbocycles. The predicted molar refractivity (Wildman–Crippen MR) is 133 cm³/mol. The first-order chi connectivity index (χ1) is 17.2. The fourth-order valence-electron chi connectivity index (χ4n) is 5.90. The first kappa shape index (κ1) is 25.1. The van der Waals surface area contributed by atoms with E-state index in [4.69, 9.17) is 0 Å². The number of benzene rings is 1. The van der Waals surface area contributed by atoms with Crippen molar-refractivity contribution in [2.45, 2.75) is 57.8 Å². The standard InChI is InChI=1S/C29H33F3N2O2/c1-20-14-24(23-8-5-13-33(18-23)16-21-6-3-2-4-7-21)15-25-19-34(28(35)27(20)25)17-22-9-11-26(12-10-22)36-29(30,31)32/h2-4,6-7,9-11,14,18,25-26,28,35H,5,8,12-13,15-17,19H2,1H3. The van der Waals surface area contributed by atoms with Gasteiger partial charge < -0.3 is 10.0 Å². The van der Waals surface area contributed by atoms with Crippen LogP contribution in [0.2, 0.25) is 0 Å². The van der Waals surface area contributed by atoms with Crippen LogP contribution in [0.15, 0.2) is 88.7 Å². The molecular weight excluding hydrogens is 465 g/mol. The van der Waals surface area contributed by atoms with Crippen LogP contribution in [0.4, 0.5) is 13.2 Å². The van der Waals surface area contributed by atoms with Crippen molar-refractivity contribution in [3.05, 3.63) is 94.3 Å². The molecule has 1 fully saturated rings. The molecule has 1 aromatic rings. The lowest BCUT2D eigenvalue weighted by Gasteiger charge is -2.30. The molecular formula is C29H33F3N2O2. The molecule has 0 bridgehead atoms. The summed E-state index contributed by atoms with van der Waals surface area (Å²) in [4.78, 5) is 4.43. The molecule has 0 aromatic heterocycles. The Morgan fingerprint density at radius 1 is 1.11 bits per heavy atom. The van der Waals surface area contributed by atoms with E-state index in [1.165, 1.54) is 22.8 Å². The molecule has 0 amide bonds. The third-order valence-corrected chi connectivity index (χ3v) is 7.51. The SMILES string of the molecule is CC1=C2C(CC(C3=CN(Cc4ccccc4)CCC3)=C1)CN(CC1=CCC(OC(F)(F)F)C=C1)C2O. The summed E-state index contributed by atoms with van der Waals surface area (Å²) in [5.41, 5.74) is 7.17. The van der Waals surface area contributed by atoms with Crippen molar-refractivity contribution >= 4 is 0 Å². The van der Waals surface area contributed by atoms with Crippen molar-refractivity contribution in [3.8, 4) is 0 Å². The number of alkyl halides is 3. The van der Waals surface area contributed by atoms with Gasteiger partial charge in [0.15, 0.2) is 0 Å². The molecule has 0 radical (unpaired) electrons. The molecule has 4 aliphatic rings. The lowest BCUT2D eigenvalue weighted by atomic mass is 9.81. The molecule has 4 nitrogen and oxygen atoms in total. The number of aliphatic hydroxyl groups excluding tert-OH is 1. The summed E-state index contributed by atoms with van der Waals surface area (Å²) in [7, 11) is 0. The van der Waals surface area contributed by atoms with Gasteiger partial charge >= 0.3 is 6.36 Å². The second-order valence-electron chi connectivity index (χ2n) is 10.2. The van der Waals surface area contributed by atoms with Gasteiger partial charge in [0.25, 0.3) is 0 Å². The number of likely N-dealkylation sites (tertiary alicyclic amines) is 1. The second kappa shape index (κ2) is 10.4. The van der Waals surface area contributed by atoms with E-state index in [2.05, 4.69) is 53.1 Å². The molecule has 0 spiro atoms. The van der Waals surface area contributed by atoms with Crippen LogP contribution >= 0.6 is 0 Å². The van der Waals surface area contributed by atoms with Crippen LogP contribution in [-0.4, -0.2) is 53.2 Å². The van der Waals surface area contributed by atoms with Crippen LogP contribution in [0.5, 0.6) is 0 Å². The van der Waals surface area contributed by atoms with Gasteiger partial charge in [0.2, 0.25) is 0 Å². The smallest absolute Gasteiger partial charge is 0.374 e. The van der Waals surface area contributed by atoms with Crippen LogP contribution in [-0.2, 0) is 11.3 Å². The van der Waals surface area contributed by atoms with Gasteiger partial charge in [0.05, 0.1) is 6.10 Å². The molecule has 2 heterocycles. The Kier molecular flexibility index (Phi) is 7.24. The minimum Gasteiger partial charge on any atom is -0.374 e. The maximum Gasteiger partial charge on any atom is 0.523 e. The first-order valence-corrected chi connectivity index (χ1v) is 12.7. The molecule has 2 aliphatic carbocycles. The summed E-state index contributed by atoms with van der Waals surface area (Å²) >= 11 is 0. The topological polar surface area (TPSA) is 35.9 Å². The minimum absolute atomic E-state index is 0.180. The van der Waals surface area contributed by atoms with Crippen molar-refractivity contribution < 1.29 is 23.0 Å². The lowest BCUT2D eigenvalue weighted by molar-refractivity contribution is -0.336. The number of hydrogen-bond donors (Lipinski definition) is 1. The van der Waals surface area contributed by atoms with Gasteiger partial charge in [0, 0.05) is 38.3 Å². The van der Waals surface area contributed by atoms with Crippen molar-refractivity contribution in [1.82, 2.24) is 9.80 Å². The quantitative estimate of drug-likeness (QED) is 0.534. The van der Waals surface area contributed by atoms with Crippen molar-refractivity contribution in [2.75, 3.05) is 19.6 Å². The van der Waals surface area contributed by atoms with Gasteiger partial charge in [-0.15, -0.1) is 13.2 Å². The minimum atomic E-state index is -4.64. The number of rotatable bonds is 6. The highest BCUT2D eigenvalue weighted by molar-refractivity contribution is 5.46. The molecule has 5 rings (SSSR count). The highest BCUT2D eigenvalue weighted by atomic mass is 19.4. The fraction of sp³-hybridized carbons (Fsp3) is 0.448. The molecule has 2 aliphatic heterocycles. The lowest BCUT2D eigenvalue weighted by Crippen LogP contribution is -2.32. The molecule has 1 saturated heterocycles. The van der Waals surface area contributed by atoms with Crippen LogP contribution in [0.3, 0.4) is 0 Å². The monoisotopic (exact) mass is 498 g/mol. The number of hydrogen-bond acceptors (Lipinski definition) is 4. The van der Waals surface area contributed by atoms with Gasteiger partial charge in [-0.3, -0.25) is 9.64 Å². The zero-order valence-electron chi connectivity index (χ0n) is 20.5. The molecule has 1 aromatic carbocycles. The third kappa shape index (κ3) is 5.85. The Morgan fingerprint density at radius 2 is 1.92 bits per heavy atom. The number of nitrogens with zero attached hydrogens (tertiary/aromatic N) is 2. The molecule has 36 heavy (non-hydrogen) atoms. The molecule has 1 N–H and O–H groups in total. The number of ether oxygens (including phenoxy) is 1. The van der Waals surface area contributed by atoms with E-state index >= 15 is 0 Å². The van der Waals surface area contributed by atoms with Gasteiger partial charge in [-0.25, -0.2) is 0 Å². The number of aliphatic hydroxyl groups is 1. The van der Waals surface area contributed by atoms with Crippen LogP contribution in [0, 0.1) is 5.92 Å². The third-order valence-electron chi connectivity index (χ3n) is 7.51. The van der Waals surface area contributed by atoms with E-state index in [0.717, 1.165) is 55.6 Å². The summed E-state index contributed by atoms with van der Waals surface area (Å²) < 4.78 is 41.5.